The van der Waals surface area contributed by atoms with Crippen molar-refractivity contribution in [1.29, 1.82) is 0 Å². The minimum absolute atomic E-state index is 0.0447. The maximum absolute atomic E-state index is 12.5. The number of pyridine rings is 1. The van der Waals surface area contributed by atoms with Gasteiger partial charge in [0.1, 0.15) is 0 Å². The van der Waals surface area contributed by atoms with Crippen LogP contribution < -0.4 is 5.73 Å². The third-order valence-electron chi connectivity index (χ3n) is 3.69. The van der Waals surface area contributed by atoms with E-state index in [9.17, 15) is 4.79 Å². The van der Waals surface area contributed by atoms with Crippen molar-refractivity contribution in [3.8, 4) is 11.8 Å². The summed E-state index contributed by atoms with van der Waals surface area (Å²) in [6.45, 7) is 3.91. The summed E-state index contributed by atoms with van der Waals surface area (Å²) in [6, 6.07) is 1.79. The number of carbonyl (C=O) groups excluding carboxylic acids is 1. The molecule has 0 atom stereocenters. The van der Waals surface area contributed by atoms with E-state index in [0.717, 1.165) is 18.7 Å². The Morgan fingerprint density at radius 1 is 1.50 bits per heavy atom. The lowest BCUT2D eigenvalue weighted by Gasteiger charge is -2.31. The zero-order valence-corrected chi connectivity index (χ0v) is 11.9. The van der Waals surface area contributed by atoms with Crippen LogP contribution in [0.2, 0.25) is 0 Å². The quantitative estimate of drug-likeness (QED) is 0.847. The Balaban J connectivity index is 2.09. The normalized spacial score (nSPS) is 14.1. The Morgan fingerprint density at radius 3 is 2.90 bits per heavy atom. The van der Waals surface area contributed by atoms with Crippen LogP contribution in [0.1, 0.15) is 42.1 Å². The summed E-state index contributed by atoms with van der Waals surface area (Å²) < 4.78 is 0. The highest BCUT2D eigenvalue weighted by Crippen LogP contribution is 2.27. The fourth-order valence-electron chi connectivity index (χ4n) is 2.30. The van der Waals surface area contributed by atoms with Crippen molar-refractivity contribution in [1.82, 2.24) is 9.88 Å². The van der Waals surface area contributed by atoms with Crippen molar-refractivity contribution in [2.45, 2.75) is 26.2 Å². The highest BCUT2D eigenvalue weighted by molar-refractivity contribution is 5.94. The molecule has 0 radical (unpaired) electrons. The molecule has 1 aromatic rings. The zero-order chi connectivity index (χ0) is 14.4. The van der Waals surface area contributed by atoms with Crippen LogP contribution in [0.3, 0.4) is 0 Å². The highest BCUT2D eigenvalue weighted by Gasteiger charge is 2.23. The van der Waals surface area contributed by atoms with E-state index in [1.165, 1.54) is 19.3 Å². The van der Waals surface area contributed by atoms with E-state index >= 15 is 0 Å². The average Bonchev–Trinajstić information content (AvgIpc) is 2.44. The van der Waals surface area contributed by atoms with Gasteiger partial charge in [-0.3, -0.25) is 9.78 Å². The van der Waals surface area contributed by atoms with Crippen LogP contribution in [0.25, 0.3) is 0 Å². The Labute approximate surface area is 120 Å². The van der Waals surface area contributed by atoms with Crippen molar-refractivity contribution < 1.29 is 4.79 Å². The SMILES string of the molecule is CCN(CC1CCC1)C(=O)c1cncc(C#CCN)c1. The maximum Gasteiger partial charge on any atom is 0.255 e. The molecular weight excluding hydrogens is 250 g/mol. The Kier molecular flexibility index (Phi) is 5.14. The Bertz CT molecular complexity index is 526. The van der Waals surface area contributed by atoms with Crippen molar-refractivity contribution in [2.24, 2.45) is 11.7 Å². The minimum atomic E-state index is 0.0447. The second-order valence-corrected chi connectivity index (χ2v) is 5.11. The van der Waals surface area contributed by atoms with Gasteiger partial charge in [0.05, 0.1) is 12.1 Å². The molecule has 1 aliphatic carbocycles. The molecule has 1 fully saturated rings. The molecule has 0 unspecified atom stereocenters. The van der Waals surface area contributed by atoms with Crippen LogP contribution in [0.4, 0.5) is 0 Å². The maximum atomic E-state index is 12.5. The van der Waals surface area contributed by atoms with E-state index in [2.05, 4.69) is 16.8 Å². The molecule has 20 heavy (non-hydrogen) atoms. The number of carbonyl (C=O) groups is 1. The molecule has 1 amide bonds. The van der Waals surface area contributed by atoms with E-state index < -0.39 is 0 Å². The van der Waals surface area contributed by atoms with Gasteiger partial charge in [0.15, 0.2) is 0 Å². The lowest BCUT2D eigenvalue weighted by Crippen LogP contribution is -2.37. The smallest absolute Gasteiger partial charge is 0.255 e. The number of nitrogens with zero attached hydrogens (tertiary/aromatic N) is 2. The van der Waals surface area contributed by atoms with E-state index in [1.807, 2.05) is 11.8 Å². The van der Waals surface area contributed by atoms with Crippen molar-refractivity contribution in [2.75, 3.05) is 19.6 Å². The lowest BCUT2D eigenvalue weighted by atomic mass is 9.85. The summed E-state index contributed by atoms with van der Waals surface area (Å²) in [5.74, 6) is 6.41. The van der Waals surface area contributed by atoms with Crippen LogP contribution >= 0.6 is 0 Å². The first-order chi connectivity index (χ1) is 9.74. The van der Waals surface area contributed by atoms with E-state index in [1.54, 1.807) is 18.5 Å². The monoisotopic (exact) mass is 271 g/mol. The van der Waals surface area contributed by atoms with Gasteiger partial charge in [-0.2, -0.15) is 0 Å². The van der Waals surface area contributed by atoms with Gasteiger partial charge in [-0.15, -0.1) is 0 Å². The molecule has 0 bridgehead atoms. The van der Waals surface area contributed by atoms with Gasteiger partial charge in [0.25, 0.3) is 5.91 Å². The standard InChI is InChI=1S/C16H21N3O/c1-2-19(12-13-5-3-6-13)16(20)15-9-14(7-4-8-17)10-18-11-15/h9-11,13H,2-3,5-6,8,12,17H2,1H3. The van der Waals surface area contributed by atoms with Crippen molar-refractivity contribution in [3.05, 3.63) is 29.6 Å². The third-order valence-corrected chi connectivity index (χ3v) is 3.69. The summed E-state index contributed by atoms with van der Waals surface area (Å²) in [6.07, 6.45) is 7.04. The van der Waals surface area contributed by atoms with Gasteiger partial charge >= 0.3 is 0 Å². The largest absolute Gasteiger partial charge is 0.339 e. The predicted molar refractivity (Wildman–Crippen MR) is 79.1 cm³/mol. The highest BCUT2D eigenvalue weighted by atomic mass is 16.2. The lowest BCUT2D eigenvalue weighted by molar-refractivity contribution is 0.0706. The fraction of sp³-hybridized carbons (Fsp3) is 0.500. The summed E-state index contributed by atoms with van der Waals surface area (Å²) in [7, 11) is 0. The second kappa shape index (κ2) is 7.06. The molecule has 2 N–H and O–H groups in total. The number of amides is 1. The molecule has 0 aliphatic heterocycles. The van der Waals surface area contributed by atoms with Gasteiger partial charge in [-0.25, -0.2) is 0 Å². The van der Waals surface area contributed by atoms with E-state index in [4.69, 9.17) is 5.73 Å². The molecule has 1 saturated carbocycles. The summed E-state index contributed by atoms with van der Waals surface area (Å²) >= 11 is 0. The predicted octanol–water partition coefficient (Wildman–Crippen LogP) is 1.65. The molecule has 0 aromatic carbocycles. The van der Waals surface area contributed by atoms with Crippen LogP contribution in [-0.2, 0) is 0 Å². The van der Waals surface area contributed by atoms with E-state index in [0.29, 0.717) is 18.0 Å². The topological polar surface area (TPSA) is 59.2 Å². The number of rotatable bonds is 4. The van der Waals surface area contributed by atoms with Crippen LogP contribution in [-0.4, -0.2) is 35.4 Å². The number of nitrogens with two attached hydrogens (primary N) is 1. The average molecular weight is 271 g/mol. The molecule has 1 heterocycles. The first-order valence-electron chi connectivity index (χ1n) is 7.17. The summed E-state index contributed by atoms with van der Waals surface area (Å²) in [5.41, 5.74) is 6.69. The third kappa shape index (κ3) is 3.58. The molecule has 0 spiro atoms. The van der Waals surface area contributed by atoms with Crippen LogP contribution in [0, 0.1) is 17.8 Å². The summed E-state index contributed by atoms with van der Waals surface area (Å²) in [5, 5.41) is 0. The van der Waals surface area contributed by atoms with Crippen molar-refractivity contribution >= 4 is 5.91 Å². The molecule has 0 saturated heterocycles. The molecule has 4 nitrogen and oxygen atoms in total. The molecule has 4 heteroatoms. The molecule has 2 rings (SSSR count). The summed E-state index contributed by atoms with van der Waals surface area (Å²) in [4.78, 5) is 18.5. The first kappa shape index (κ1) is 14.5. The minimum Gasteiger partial charge on any atom is -0.339 e. The van der Waals surface area contributed by atoms with Gasteiger partial charge in [0, 0.05) is 31.0 Å². The molecule has 1 aliphatic rings. The van der Waals surface area contributed by atoms with Crippen LogP contribution in [0.5, 0.6) is 0 Å². The molecule has 106 valence electrons. The molecular formula is C16H21N3O. The number of aromatic nitrogens is 1. The number of hydrogen-bond acceptors (Lipinski definition) is 3. The first-order valence-corrected chi connectivity index (χ1v) is 7.17. The zero-order valence-electron chi connectivity index (χ0n) is 11.9. The second-order valence-electron chi connectivity index (χ2n) is 5.11. The van der Waals surface area contributed by atoms with Gasteiger partial charge < -0.3 is 10.6 Å². The Morgan fingerprint density at radius 2 is 2.30 bits per heavy atom. The van der Waals surface area contributed by atoms with Gasteiger partial charge in [0.2, 0.25) is 0 Å². The van der Waals surface area contributed by atoms with Gasteiger partial charge in [-0.1, -0.05) is 18.3 Å². The fourth-order valence-corrected chi connectivity index (χ4v) is 2.30. The Hall–Kier alpha value is -1.86. The van der Waals surface area contributed by atoms with Gasteiger partial charge in [-0.05, 0) is 31.7 Å². The van der Waals surface area contributed by atoms with Crippen molar-refractivity contribution in [3.63, 3.8) is 0 Å². The molecule has 1 aromatic heterocycles. The van der Waals surface area contributed by atoms with Crippen LogP contribution in [0.15, 0.2) is 18.5 Å². The van der Waals surface area contributed by atoms with E-state index in [-0.39, 0.29) is 5.91 Å². The number of hydrogen-bond donors (Lipinski definition) is 1.